The van der Waals surface area contributed by atoms with Gasteiger partial charge in [-0.2, -0.15) is 0 Å². The summed E-state index contributed by atoms with van der Waals surface area (Å²) in [7, 11) is 0. The van der Waals surface area contributed by atoms with Gasteiger partial charge in [-0.3, -0.25) is 19.4 Å². The lowest BCUT2D eigenvalue weighted by Gasteiger charge is -2.28. The number of amides is 3. The monoisotopic (exact) mass is 565 g/mol. The number of guanidine groups is 1. The molecule has 1 aliphatic rings. The van der Waals surface area contributed by atoms with Crippen molar-refractivity contribution in [2.75, 3.05) is 13.1 Å². The van der Waals surface area contributed by atoms with Gasteiger partial charge in [0.15, 0.2) is 5.96 Å². The summed E-state index contributed by atoms with van der Waals surface area (Å²) in [6, 6.07) is 14.4. The van der Waals surface area contributed by atoms with Crippen LogP contribution in [-0.4, -0.2) is 76.9 Å². The van der Waals surface area contributed by atoms with Crippen molar-refractivity contribution in [3.8, 4) is 0 Å². The normalized spacial score (nSPS) is 16.7. The minimum absolute atomic E-state index is 0.0702. The predicted octanol–water partition coefficient (Wildman–Crippen LogP) is -0.102. The fraction of sp³-hybridized carbons (Fsp3) is 0.414. The van der Waals surface area contributed by atoms with E-state index in [9.17, 15) is 24.3 Å². The molecule has 0 bridgehead atoms. The van der Waals surface area contributed by atoms with E-state index in [1.165, 1.54) is 4.90 Å². The Balaban J connectivity index is 1.69. The molecule has 2 aromatic carbocycles. The molecule has 2 aromatic rings. The first-order chi connectivity index (χ1) is 19.7. The van der Waals surface area contributed by atoms with Gasteiger partial charge in [0.25, 0.3) is 0 Å². The number of benzene rings is 2. The van der Waals surface area contributed by atoms with Crippen LogP contribution in [0.5, 0.6) is 0 Å². The summed E-state index contributed by atoms with van der Waals surface area (Å²) in [4.78, 5) is 57.2. The van der Waals surface area contributed by atoms with Crippen molar-refractivity contribution in [3.63, 3.8) is 0 Å². The maximum absolute atomic E-state index is 13.4. The smallest absolute Gasteiger partial charge is 0.326 e. The van der Waals surface area contributed by atoms with Crippen molar-refractivity contribution in [3.05, 3.63) is 71.8 Å². The first-order valence-corrected chi connectivity index (χ1v) is 13.7. The van der Waals surface area contributed by atoms with Crippen molar-refractivity contribution in [2.45, 2.75) is 62.7 Å². The fourth-order valence-electron chi connectivity index (χ4n) is 4.83. The molecule has 0 unspecified atom stereocenters. The van der Waals surface area contributed by atoms with E-state index in [2.05, 4.69) is 15.6 Å². The van der Waals surface area contributed by atoms with E-state index in [4.69, 9.17) is 17.2 Å². The first-order valence-electron chi connectivity index (χ1n) is 13.7. The van der Waals surface area contributed by atoms with Crippen LogP contribution in [0.25, 0.3) is 0 Å². The zero-order valence-corrected chi connectivity index (χ0v) is 22.9. The Labute approximate surface area is 239 Å². The van der Waals surface area contributed by atoms with E-state index < -0.39 is 42.0 Å². The number of carboxylic acid groups (broad SMARTS) is 1. The molecule has 1 fully saturated rings. The summed E-state index contributed by atoms with van der Waals surface area (Å²) in [6.45, 7) is 0.593. The highest BCUT2D eigenvalue weighted by Gasteiger charge is 2.38. The molecule has 1 heterocycles. The number of aliphatic carboxylic acids is 1. The van der Waals surface area contributed by atoms with Gasteiger partial charge in [-0.25, -0.2) is 4.79 Å². The molecular formula is C29H39N7O5. The zero-order chi connectivity index (χ0) is 29.8. The van der Waals surface area contributed by atoms with Crippen LogP contribution in [0.1, 0.15) is 36.8 Å². The third-order valence-electron chi connectivity index (χ3n) is 6.93. The van der Waals surface area contributed by atoms with Crippen LogP contribution in [0.3, 0.4) is 0 Å². The summed E-state index contributed by atoms with van der Waals surface area (Å²) >= 11 is 0. The molecule has 12 nitrogen and oxygen atoms in total. The highest BCUT2D eigenvalue weighted by Crippen LogP contribution is 2.20. The summed E-state index contributed by atoms with van der Waals surface area (Å²) in [5.41, 5.74) is 18.6. The fourth-order valence-corrected chi connectivity index (χ4v) is 4.83. The van der Waals surface area contributed by atoms with Crippen molar-refractivity contribution in [2.24, 2.45) is 22.2 Å². The number of carbonyl (C=O) groups is 4. The molecule has 12 heteroatoms. The Morgan fingerprint density at radius 3 is 2.12 bits per heavy atom. The molecule has 3 rings (SSSR count). The van der Waals surface area contributed by atoms with Gasteiger partial charge in [-0.15, -0.1) is 0 Å². The summed E-state index contributed by atoms with van der Waals surface area (Å²) in [5, 5.41) is 15.0. The van der Waals surface area contributed by atoms with Gasteiger partial charge in [0.1, 0.15) is 18.1 Å². The largest absolute Gasteiger partial charge is 0.480 e. The van der Waals surface area contributed by atoms with Gasteiger partial charge in [0, 0.05) is 19.5 Å². The quantitative estimate of drug-likeness (QED) is 0.103. The number of nitrogens with zero attached hydrogens (tertiary/aromatic N) is 2. The van der Waals surface area contributed by atoms with Crippen molar-refractivity contribution < 1.29 is 24.3 Å². The molecule has 9 N–H and O–H groups in total. The second kappa shape index (κ2) is 15.4. The molecule has 1 aliphatic heterocycles. The predicted molar refractivity (Wildman–Crippen MR) is 154 cm³/mol. The minimum Gasteiger partial charge on any atom is -0.480 e. The number of carboxylic acids is 1. The zero-order valence-electron chi connectivity index (χ0n) is 22.9. The Kier molecular flexibility index (Phi) is 11.6. The number of nitrogens with two attached hydrogens (primary N) is 3. The van der Waals surface area contributed by atoms with Crippen LogP contribution in [0.4, 0.5) is 0 Å². The standard InChI is InChI=1S/C29H39N7O5/c30-21(17-19-9-3-1-4-10-19)27(39)36-16-8-14-24(36)26(38)34-22(13-7-15-33-29(31)32)25(37)35-23(28(40)41)18-20-11-5-2-6-12-20/h1-6,9-12,21-24H,7-8,13-18,30H2,(H,34,38)(H,35,37)(H,40,41)(H4,31,32,33)/t21-,22+,23+,24+/m1/s1. The molecule has 3 amide bonds. The third kappa shape index (κ3) is 9.60. The lowest BCUT2D eigenvalue weighted by Crippen LogP contribution is -2.57. The molecule has 0 saturated carbocycles. The molecule has 0 aromatic heterocycles. The van der Waals surface area contributed by atoms with Crippen LogP contribution in [0.15, 0.2) is 65.7 Å². The molecule has 1 saturated heterocycles. The van der Waals surface area contributed by atoms with E-state index in [1.54, 1.807) is 24.3 Å². The lowest BCUT2D eigenvalue weighted by molar-refractivity contribution is -0.143. The van der Waals surface area contributed by atoms with Gasteiger partial charge >= 0.3 is 5.97 Å². The number of rotatable bonds is 14. The van der Waals surface area contributed by atoms with Crippen LogP contribution >= 0.6 is 0 Å². The summed E-state index contributed by atoms with van der Waals surface area (Å²) in [5.74, 6) is -2.79. The minimum atomic E-state index is -1.21. The molecular weight excluding hydrogens is 526 g/mol. The van der Waals surface area contributed by atoms with E-state index in [1.807, 2.05) is 36.4 Å². The number of carbonyl (C=O) groups excluding carboxylic acids is 3. The van der Waals surface area contributed by atoms with Crippen molar-refractivity contribution in [1.82, 2.24) is 15.5 Å². The van der Waals surface area contributed by atoms with Crippen LogP contribution in [-0.2, 0) is 32.0 Å². The second-order valence-corrected chi connectivity index (χ2v) is 10.1. The van der Waals surface area contributed by atoms with Crippen LogP contribution in [0.2, 0.25) is 0 Å². The first kappa shape index (κ1) is 31.1. The summed E-state index contributed by atoms with van der Waals surface area (Å²) in [6.07, 6.45) is 1.94. The average molecular weight is 566 g/mol. The van der Waals surface area contributed by atoms with E-state index in [0.29, 0.717) is 32.2 Å². The highest BCUT2D eigenvalue weighted by molar-refractivity contribution is 5.94. The van der Waals surface area contributed by atoms with Crippen LogP contribution in [0, 0.1) is 0 Å². The maximum Gasteiger partial charge on any atom is 0.326 e. The number of likely N-dealkylation sites (tertiary alicyclic amines) is 1. The molecule has 0 radical (unpaired) electrons. The molecule has 220 valence electrons. The van der Waals surface area contributed by atoms with E-state index >= 15 is 0 Å². The third-order valence-corrected chi connectivity index (χ3v) is 6.93. The highest BCUT2D eigenvalue weighted by atomic mass is 16.4. The van der Waals surface area contributed by atoms with Crippen molar-refractivity contribution >= 4 is 29.7 Å². The average Bonchev–Trinajstić information content (AvgIpc) is 3.45. The van der Waals surface area contributed by atoms with Gasteiger partial charge in [-0.1, -0.05) is 60.7 Å². The van der Waals surface area contributed by atoms with E-state index in [0.717, 1.165) is 11.1 Å². The van der Waals surface area contributed by atoms with Crippen LogP contribution < -0.4 is 27.8 Å². The Morgan fingerprint density at radius 1 is 0.927 bits per heavy atom. The maximum atomic E-state index is 13.4. The topological polar surface area (TPSA) is 206 Å². The molecule has 0 spiro atoms. The van der Waals surface area contributed by atoms with Crippen molar-refractivity contribution in [1.29, 1.82) is 0 Å². The van der Waals surface area contributed by atoms with E-state index in [-0.39, 0.29) is 31.3 Å². The Hall–Kier alpha value is -4.45. The Bertz CT molecular complexity index is 1200. The number of hydrogen-bond donors (Lipinski definition) is 6. The van der Waals surface area contributed by atoms with Gasteiger partial charge in [-0.05, 0) is 43.2 Å². The number of nitrogens with one attached hydrogen (secondary N) is 2. The van der Waals surface area contributed by atoms with Gasteiger partial charge < -0.3 is 37.8 Å². The molecule has 41 heavy (non-hydrogen) atoms. The molecule has 4 atom stereocenters. The van der Waals surface area contributed by atoms with Gasteiger partial charge in [0.05, 0.1) is 6.04 Å². The SMILES string of the molecule is NC(N)=NCCC[C@H](NC(=O)[C@@H]1CCCN1C(=O)[C@H](N)Cc1ccccc1)C(=O)N[C@@H](Cc1ccccc1)C(=O)O. The number of aliphatic imine (C=N–C) groups is 1. The van der Waals surface area contributed by atoms with Gasteiger partial charge in [0.2, 0.25) is 17.7 Å². The summed E-state index contributed by atoms with van der Waals surface area (Å²) < 4.78 is 0. The number of hydrogen-bond acceptors (Lipinski definition) is 6. The Morgan fingerprint density at radius 2 is 1.54 bits per heavy atom. The lowest BCUT2D eigenvalue weighted by atomic mass is 10.0. The second-order valence-electron chi connectivity index (χ2n) is 10.1. The molecule has 0 aliphatic carbocycles.